The highest BCUT2D eigenvalue weighted by atomic mass is 32.1. The number of esters is 1. The molecular formula is C24H29NO3S. The van der Waals surface area contributed by atoms with Crippen molar-refractivity contribution in [2.45, 2.75) is 46.5 Å². The summed E-state index contributed by atoms with van der Waals surface area (Å²) in [6.45, 7) is 6.86. The second kappa shape index (κ2) is 8.95. The van der Waals surface area contributed by atoms with Crippen LogP contribution in [0, 0.1) is 11.3 Å². The second-order valence-corrected chi connectivity index (χ2v) is 9.32. The van der Waals surface area contributed by atoms with Crippen molar-refractivity contribution in [3.8, 4) is 0 Å². The summed E-state index contributed by atoms with van der Waals surface area (Å²) in [4.78, 5) is 26.2. The molecule has 1 unspecified atom stereocenters. The molecule has 4 nitrogen and oxygen atoms in total. The molecule has 1 heterocycles. The van der Waals surface area contributed by atoms with Crippen molar-refractivity contribution in [3.63, 3.8) is 0 Å². The Labute approximate surface area is 177 Å². The van der Waals surface area contributed by atoms with Crippen molar-refractivity contribution in [2.24, 2.45) is 11.3 Å². The van der Waals surface area contributed by atoms with E-state index < -0.39 is 0 Å². The highest BCUT2D eigenvalue weighted by Crippen LogP contribution is 2.45. The Bertz CT molecular complexity index is 912. The molecule has 1 amide bonds. The standard InChI is InChI=1S/C24H29NO3S/c1-5-24(2,3)17-12-13-18-19(15-17)29-22(21(18)23(27)28-4)25-20(26)14-11-16-9-7-6-8-10-16/h6-11,14,17H,5,12-13,15H2,1-4H3,(H,25,26). The average Bonchev–Trinajstić information content (AvgIpc) is 3.09. The van der Waals surface area contributed by atoms with Gasteiger partial charge in [0.05, 0.1) is 12.7 Å². The number of hydrogen-bond acceptors (Lipinski definition) is 4. The van der Waals surface area contributed by atoms with E-state index in [0.29, 0.717) is 16.5 Å². The molecular weight excluding hydrogens is 382 g/mol. The van der Waals surface area contributed by atoms with Crippen molar-refractivity contribution in [2.75, 3.05) is 12.4 Å². The van der Waals surface area contributed by atoms with E-state index >= 15 is 0 Å². The summed E-state index contributed by atoms with van der Waals surface area (Å²) >= 11 is 1.52. The largest absolute Gasteiger partial charge is 0.465 e. The highest BCUT2D eigenvalue weighted by molar-refractivity contribution is 7.17. The lowest BCUT2D eigenvalue weighted by Crippen LogP contribution is -2.28. The van der Waals surface area contributed by atoms with Crippen molar-refractivity contribution >= 4 is 34.3 Å². The SMILES string of the molecule is CCC(C)(C)C1CCc2c(sc(NC(=O)C=Cc3ccccc3)c2C(=O)OC)C1. The van der Waals surface area contributed by atoms with E-state index in [4.69, 9.17) is 4.74 Å². The lowest BCUT2D eigenvalue weighted by Gasteiger charge is -2.36. The number of carbonyl (C=O) groups excluding carboxylic acids is 2. The van der Waals surface area contributed by atoms with Crippen molar-refractivity contribution in [3.05, 3.63) is 58.0 Å². The summed E-state index contributed by atoms with van der Waals surface area (Å²) in [5.74, 6) is -0.0493. The molecule has 1 aliphatic carbocycles. The van der Waals surface area contributed by atoms with Crippen LogP contribution >= 0.6 is 11.3 Å². The van der Waals surface area contributed by atoms with E-state index in [1.54, 1.807) is 6.08 Å². The van der Waals surface area contributed by atoms with Gasteiger partial charge in [-0.05, 0) is 47.8 Å². The van der Waals surface area contributed by atoms with Crippen LogP contribution in [0.25, 0.3) is 6.08 Å². The Morgan fingerprint density at radius 3 is 2.66 bits per heavy atom. The monoisotopic (exact) mass is 411 g/mol. The summed E-state index contributed by atoms with van der Waals surface area (Å²) in [6.07, 6.45) is 7.23. The van der Waals surface area contributed by atoms with E-state index in [9.17, 15) is 9.59 Å². The van der Waals surface area contributed by atoms with E-state index in [1.807, 2.05) is 30.3 Å². The van der Waals surface area contributed by atoms with Gasteiger partial charge in [0.1, 0.15) is 5.00 Å². The summed E-state index contributed by atoms with van der Waals surface area (Å²) in [7, 11) is 1.39. The Balaban J connectivity index is 1.84. The van der Waals surface area contributed by atoms with Gasteiger partial charge >= 0.3 is 5.97 Å². The molecule has 1 aromatic heterocycles. The molecule has 1 aliphatic rings. The van der Waals surface area contributed by atoms with Crippen LogP contribution < -0.4 is 5.32 Å². The van der Waals surface area contributed by atoms with Gasteiger partial charge in [0.15, 0.2) is 0 Å². The normalized spacial score (nSPS) is 16.5. The summed E-state index contributed by atoms with van der Waals surface area (Å²) in [6, 6.07) is 9.65. The molecule has 0 aliphatic heterocycles. The second-order valence-electron chi connectivity index (χ2n) is 8.21. The fourth-order valence-electron chi connectivity index (χ4n) is 3.84. The number of carbonyl (C=O) groups is 2. The van der Waals surface area contributed by atoms with Gasteiger partial charge in [-0.25, -0.2) is 4.79 Å². The van der Waals surface area contributed by atoms with Crippen molar-refractivity contribution in [1.82, 2.24) is 0 Å². The fourth-order valence-corrected chi connectivity index (χ4v) is 5.16. The van der Waals surface area contributed by atoms with E-state index in [1.165, 1.54) is 29.4 Å². The van der Waals surface area contributed by atoms with Gasteiger partial charge in [-0.15, -0.1) is 11.3 Å². The Hall–Kier alpha value is -2.40. The summed E-state index contributed by atoms with van der Waals surface area (Å²) in [5.41, 5.74) is 2.79. The van der Waals surface area contributed by atoms with E-state index in [-0.39, 0.29) is 17.3 Å². The number of benzene rings is 1. The van der Waals surface area contributed by atoms with Gasteiger partial charge in [0.25, 0.3) is 0 Å². The molecule has 5 heteroatoms. The number of amides is 1. The van der Waals surface area contributed by atoms with Gasteiger partial charge in [-0.3, -0.25) is 4.79 Å². The van der Waals surface area contributed by atoms with Crippen LogP contribution in [0.5, 0.6) is 0 Å². The Kier molecular flexibility index (Phi) is 6.58. The lowest BCUT2D eigenvalue weighted by molar-refractivity contribution is -0.111. The van der Waals surface area contributed by atoms with Gasteiger partial charge in [-0.2, -0.15) is 0 Å². The smallest absolute Gasteiger partial charge is 0.341 e. The summed E-state index contributed by atoms with van der Waals surface area (Å²) in [5, 5.41) is 3.51. The minimum absolute atomic E-state index is 0.247. The Morgan fingerprint density at radius 1 is 1.28 bits per heavy atom. The molecule has 0 bridgehead atoms. The number of fused-ring (bicyclic) bond motifs is 1. The molecule has 0 radical (unpaired) electrons. The quantitative estimate of drug-likeness (QED) is 0.488. The predicted molar refractivity (Wildman–Crippen MR) is 119 cm³/mol. The van der Waals surface area contributed by atoms with Crippen molar-refractivity contribution < 1.29 is 14.3 Å². The molecule has 0 spiro atoms. The lowest BCUT2D eigenvalue weighted by atomic mass is 9.69. The van der Waals surface area contributed by atoms with Crippen LogP contribution in [-0.4, -0.2) is 19.0 Å². The maximum Gasteiger partial charge on any atom is 0.341 e. The third-order valence-corrected chi connectivity index (χ3v) is 7.30. The van der Waals surface area contributed by atoms with Crippen LogP contribution in [0.4, 0.5) is 5.00 Å². The zero-order chi connectivity index (χ0) is 21.0. The van der Waals surface area contributed by atoms with E-state index in [2.05, 4.69) is 26.1 Å². The minimum atomic E-state index is -0.377. The molecule has 3 rings (SSSR count). The maximum atomic E-state index is 12.5. The summed E-state index contributed by atoms with van der Waals surface area (Å²) < 4.78 is 5.03. The number of methoxy groups -OCH3 is 1. The topological polar surface area (TPSA) is 55.4 Å². The zero-order valence-electron chi connectivity index (χ0n) is 17.6. The number of anilines is 1. The first-order valence-electron chi connectivity index (χ1n) is 10.1. The molecule has 1 atom stereocenters. The first-order chi connectivity index (χ1) is 13.9. The van der Waals surface area contributed by atoms with Gasteiger partial charge in [-0.1, -0.05) is 57.5 Å². The van der Waals surface area contributed by atoms with Gasteiger partial charge in [0, 0.05) is 11.0 Å². The minimum Gasteiger partial charge on any atom is -0.465 e. The van der Waals surface area contributed by atoms with Crippen LogP contribution in [0.3, 0.4) is 0 Å². The number of ether oxygens (including phenoxy) is 1. The van der Waals surface area contributed by atoms with Crippen LogP contribution in [-0.2, 0) is 22.4 Å². The molecule has 154 valence electrons. The first kappa shape index (κ1) is 21.3. The molecule has 2 aromatic rings. The number of thiophene rings is 1. The van der Waals surface area contributed by atoms with Crippen LogP contribution in [0.15, 0.2) is 36.4 Å². The molecule has 0 fully saturated rings. The third kappa shape index (κ3) is 4.78. The van der Waals surface area contributed by atoms with Crippen LogP contribution in [0.1, 0.15) is 60.0 Å². The number of nitrogens with one attached hydrogen (secondary N) is 1. The number of hydrogen-bond donors (Lipinski definition) is 1. The molecule has 0 saturated heterocycles. The number of rotatable bonds is 6. The highest BCUT2D eigenvalue weighted by Gasteiger charge is 2.35. The predicted octanol–water partition coefficient (Wildman–Crippen LogP) is 5.73. The van der Waals surface area contributed by atoms with Crippen LogP contribution in [0.2, 0.25) is 0 Å². The molecule has 1 N–H and O–H groups in total. The zero-order valence-corrected chi connectivity index (χ0v) is 18.4. The molecule has 1 aromatic carbocycles. The first-order valence-corrected chi connectivity index (χ1v) is 10.9. The fraction of sp³-hybridized carbons (Fsp3) is 0.417. The van der Waals surface area contributed by atoms with E-state index in [0.717, 1.165) is 36.8 Å². The average molecular weight is 412 g/mol. The molecule has 29 heavy (non-hydrogen) atoms. The van der Waals surface area contributed by atoms with Crippen molar-refractivity contribution in [1.29, 1.82) is 0 Å². The van der Waals surface area contributed by atoms with Gasteiger partial charge < -0.3 is 10.1 Å². The van der Waals surface area contributed by atoms with Gasteiger partial charge in [0.2, 0.25) is 5.91 Å². The molecule has 0 saturated carbocycles. The maximum absolute atomic E-state index is 12.5. The third-order valence-electron chi connectivity index (χ3n) is 6.13. The Morgan fingerprint density at radius 2 is 2.00 bits per heavy atom.